The molecule has 1 aromatic rings. The summed E-state index contributed by atoms with van der Waals surface area (Å²) >= 11 is 0. The van der Waals surface area contributed by atoms with Crippen molar-refractivity contribution < 1.29 is 9.59 Å². The average Bonchev–Trinajstić information content (AvgIpc) is 2.05. The molecule has 0 aliphatic carbocycles. The molecule has 0 aliphatic heterocycles. The van der Waals surface area contributed by atoms with E-state index in [-0.39, 0.29) is 6.42 Å². The van der Waals surface area contributed by atoms with Crippen LogP contribution in [0.5, 0.6) is 0 Å². The van der Waals surface area contributed by atoms with Gasteiger partial charge in [0.05, 0.1) is 0 Å². The van der Waals surface area contributed by atoms with E-state index in [0.717, 1.165) is 6.29 Å². The number of primary amides is 1. The van der Waals surface area contributed by atoms with Gasteiger partial charge in [-0.15, -0.1) is 0 Å². The van der Waals surface area contributed by atoms with E-state index in [0.29, 0.717) is 11.1 Å². The Morgan fingerprint density at radius 1 is 1.42 bits per heavy atom. The van der Waals surface area contributed by atoms with E-state index in [2.05, 4.69) is 0 Å². The predicted molar refractivity (Wildman–Crippen MR) is 44.7 cm³/mol. The van der Waals surface area contributed by atoms with Crippen LogP contribution in [0.25, 0.3) is 0 Å². The Hall–Kier alpha value is -1.64. The lowest BCUT2D eigenvalue weighted by Crippen LogP contribution is -2.13. The SMILES string of the molecule is NC(=O)c1ccccc1CC=O. The molecule has 0 spiro atoms. The third-order valence-corrected chi connectivity index (χ3v) is 1.59. The van der Waals surface area contributed by atoms with Gasteiger partial charge < -0.3 is 10.5 Å². The van der Waals surface area contributed by atoms with Crippen LogP contribution < -0.4 is 5.73 Å². The monoisotopic (exact) mass is 163 g/mol. The highest BCUT2D eigenvalue weighted by molar-refractivity contribution is 5.94. The van der Waals surface area contributed by atoms with E-state index in [1.807, 2.05) is 0 Å². The third kappa shape index (κ3) is 1.69. The van der Waals surface area contributed by atoms with Gasteiger partial charge in [-0.25, -0.2) is 0 Å². The highest BCUT2D eigenvalue weighted by Gasteiger charge is 2.05. The van der Waals surface area contributed by atoms with Crippen LogP contribution in [0.2, 0.25) is 0 Å². The fourth-order valence-electron chi connectivity index (χ4n) is 1.03. The summed E-state index contributed by atoms with van der Waals surface area (Å²) in [6.45, 7) is 0. The van der Waals surface area contributed by atoms with E-state index in [1.54, 1.807) is 24.3 Å². The van der Waals surface area contributed by atoms with Gasteiger partial charge in [-0.1, -0.05) is 18.2 Å². The van der Waals surface area contributed by atoms with Crippen molar-refractivity contribution >= 4 is 12.2 Å². The number of amides is 1. The summed E-state index contributed by atoms with van der Waals surface area (Å²) in [5.74, 6) is -0.493. The Morgan fingerprint density at radius 3 is 2.67 bits per heavy atom. The normalized spacial score (nSPS) is 9.33. The van der Waals surface area contributed by atoms with Crippen molar-refractivity contribution in [1.82, 2.24) is 0 Å². The molecule has 12 heavy (non-hydrogen) atoms. The smallest absolute Gasteiger partial charge is 0.248 e. The molecule has 0 fully saturated rings. The predicted octanol–water partition coefficient (Wildman–Crippen LogP) is 0.527. The molecule has 1 rings (SSSR count). The summed E-state index contributed by atoms with van der Waals surface area (Å²) in [7, 11) is 0. The van der Waals surface area contributed by atoms with E-state index < -0.39 is 5.91 Å². The van der Waals surface area contributed by atoms with Crippen LogP contribution in [0.4, 0.5) is 0 Å². The zero-order valence-corrected chi connectivity index (χ0v) is 6.49. The van der Waals surface area contributed by atoms with Crippen molar-refractivity contribution in [2.24, 2.45) is 5.73 Å². The molecule has 0 saturated carbocycles. The minimum Gasteiger partial charge on any atom is -0.366 e. The number of rotatable bonds is 3. The molecule has 0 aromatic heterocycles. The number of carbonyl (C=O) groups is 2. The van der Waals surface area contributed by atoms with Gasteiger partial charge in [0.2, 0.25) is 5.91 Å². The molecule has 1 aromatic carbocycles. The Kier molecular flexibility index (Phi) is 2.58. The maximum Gasteiger partial charge on any atom is 0.248 e. The Labute approximate surface area is 70.2 Å². The summed E-state index contributed by atoms with van der Waals surface area (Å²) in [4.78, 5) is 21.0. The van der Waals surface area contributed by atoms with Gasteiger partial charge in [0.25, 0.3) is 0 Å². The maximum absolute atomic E-state index is 10.8. The van der Waals surface area contributed by atoms with Crippen LogP contribution in [0.3, 0.4) is 0 Å². The van der Waals surface area contributed by atoms with Gasteiger partial charge in [-0.3, -0.25) is 4.79 Å². The van der Waals surface area contributed by atoms with E-state index in [9.17, 15) is 9.59 Å². The van der Waals surface area contributed by atoms with Gasteiger partial charge in [0.1, 0.15) is 6.29 Å². The maximum atomic E-state index is 10.8. The lowest BCUT2D eigenvalue weighted by atomic mass is 10.1. The lowest BCUT2D eigenvalue weighted by molar-refractivity contribution is -0.107. The molecule has 0 atom stereocenters. The third-order valence-electron chi connectivity index (χ3n) is 1.59. The van der Waals surface area contributed by atoms with Crippen LogP contribution in [-0.4, -0.2) is 12.2 Å². The van der Waals surface area contributed by atoms with Crippen LogP contribution >= 0.6 is 0 Å². The minimum absolute atomic E-state index is 0.235. The average molecular weight is 163 g/mol. The van der Waals surface area contributed by atoms with Crippen LogP contribution in [0, 0.1) is 0 Å². The second kappa shape index (κ2) is 3.67. The number of aldehydes is 1. The van der Waals surface area contributed by atoms with Crippen molar-refractivity contribution in [2.75, 3.05) is 0 Å². The van der Waals surface area contributed by atoms with Crippen LogP contribution in [0.15, 0.2) is 24.3 Å². The zero-order chi connectivity index (χ0) is 8.97. The lowest BCUT2D eigenvalue weighted by Gasteiger charge is -2.00. The first-order valence-electron chi connectivity index (χ1n) is 3.57. The first kappa shape index (κ1) is 8.46. The van der Waals surface area contributed by atoms with Gasteiger partial charge in [-0.05, 0) is 11.6 Å². The molecule has 62 valence electrons. The van der Waals surface area contributed by atoms with Crippen molar-refractivity contribution in [1.29, 1.82) is 0 Å². The fraction of sp³-hybridized carbons (Fsp3) is 0.111. The summed E-state index contributed by atoms with van der Waals surface area (Å²) < 4.78 is 0. The highest BCUT2D eigenvalue weighted by atomic mass is 16.1. The van der Waals surface area contributed by atoms with Crippen molar-refractivity contribution in [3.63, 3.8) is 0 Å². The first-order chi connectivity index (χ1) is 5.75. The molecule has 0 radical (unpaired) electrons. The highest BCUT2D eigenvalue weighted by Crippen LogP contribution is 2.07. The molecule has 2 N–H and O–H groups in total. The zero-order valence-electron chi connectivity index (χ0n) is 6.49. The molecule has 1 amide bonds. The molecule has 0 bridgehead atoms. The Morgan fingerprint density at radius 2 is 2.08 bits per heavy atom. The quantitative estimate of drug-likeness (QED) is 0.660. The minimum atomic E-state index is -0.493. The van der Waals surface area contributed by atoms with Crippen molar-refractivity contribution in [2.45, 2.75) is 6.42 Å². The fourth-order valence-corrected chi connectivity index (χ4v) is 1.03. The first-order valence-corrected chi connectivity index (χ1v) is 3.57. The van der Waals surface area contributed by atoms with E-state index >= 15 is 0 Å². The summed E-state index contributed by atoms with van der Waals surface area (Å²) in [5, 5.41) is 0. The Bertz CT molecular complexity index is 307. The van der Waals surface area contributed by atoms with E-state index in [4.69, 9.17) is 5.73 Å². The molecule has 0 saturated heterocycles. The summed E-state index contributed by atoms with van der Waals surface area (Å²) in [5.41, 5.74) is 6.19. The van der Waals surface area contributed by atoms with E-state index in [1.165, 1.54) is 0 Å². The molecule has 0 heterocycles. The molecular weight excluding hydrogens is 154 g/mol. The van der Waals surface area contributed by atoms with Crippen LogP contribution in [0.1, 0.15) is 15.9 Å². The van der Waals surface area contributed by atoms with Crippen molar-refractivity contribution in [3.05, 3.63) is 35.4 Å². The van der Waals surface area contributed by atoms with Crippen LogP contribution in [-0.2, 0) is 11.2 Å². The standard InChI is InChI=1S/C9H9NO2/c10-9(12)8-4-2-1-3-7(8)5-6-11/h1-4,6H,5H2,(H2,10,12). The second-order valence-electron chi connectivity index (χ2n) is 2.39. The molecule has 0 unspecified atom stereocenters. The largest absolute Gasteiger partial charge is 0.366 e. The molecule has 3 heteroatoms. The molecule has 0 aliphatic rings. The molecule has 3 nitrogen and oxygen atoms in total. The van der Waals surface area contributed by atoms with Gasteiger partial charge >= 0.3 is 0 Å². The van der Waals surface area contributed by atoms with Gasteiger partial charge in [0, 0.05) is 12.0 Å². The Balaban J connectivity index is 3.07. The summed E-state index contributed by atoms with van der Waals surface area (Å²) in [6, 6.07) is 6.81. The van der Waals surface area contributed by atoms with Crippen molar-refractivity contribution in [3.8, 4) is 0 Å². The number of benzene rings is 1. The summed E-state index contributed by atoms with van der Waals surface area (Å²) in [6.07, 6.45) is 0.987. The number of hydrogen-bond donors (Lipinski definition) is 1. The number of carbonyl (C=O) groups excluding carboxylic acids is 2. The van der Waals surface area contributed by atoms with Gasteiger partial charge in [0.15, 0.2) is 0 Å². The van der Waals surface area contributed by atoms with Gasteiger partial charge in [-0.2, -0.15) is 0 Å². The molecular formula is C9H9NO2. The number of nitrogens with two attached hydrogens (primary N) is 1. The second-order valence-corrected chi connectivity index (χ2v) is 2.39. The topological polar surface area (TPSA) is 60.2 Å². The number of hydrogen-bond acceptors (Lipinski definition) is 2.